The van der Waals surface area contributed by atoms with Gasteiger partial charge in [-0.25, -0.2) is 13.6 Å². The highest BCUT2D eigenvalue weighted by molar-refractivity contribution is 5.74. The molecule has 0 radical (unpaired) electrons. The first-order valence-electron chi connectivity index (χ1n) is 7.35. The van der Waals surface area contributed by atoms with E-state index in [0.717, 1.165) is 5.56 Å². The second kappa shape index (κ2) is 7.49. The predicted octanol–water partition coefficient (Wildman–Crippen LogP) is 2.43. The summed E-state index contributed by atoms with van der Waals surface area (Å²) in [4.78, 5) is 17.0. The van der Waals surface area contributed by atoms with E-state index in [0.29, 0.717) is 6.54 Å². The van der Waals surface area contributed by atoms with Gasteiger partial charge in [0.05, 0.1) is 6.61 Å². The average Bonchev–Trinajstić information content (AvgIpc) is 3.32. The third-order valence-electron chi connectivity index (χ3n) is 3.26. The first-order valence-corrected chi connectivity index (χ1v) is 7.35. The lowest BCUT2D eigenvalue weighted by atomic mass is 10.2. The number of carbonyl (C=O) groups excluding carboxylic acids is 1. The number of ether oxygens (including phenoxy) is 1. The molecule has 1 N–H and O–H groups in total. The fourth-order valence-corrected chi connectivity index (χ4v) is 1.78. The topological polar surface area (TPSA) is 54.5 Å². The summed E-state index contributed by atoms with van der Waals surface area (Å²) in [5.74, 6) is -3.01. The highest BCUT2D eigenvalue weighted by Crippen LogP contribution is 2.25. The van der Waals surface area contributed by atoms with Crippen LogP contribution in [0.25, 0.3) is 0 Å². The van der Waals surface area contributed by atoms with Crippen molar-refractivity contribution < 1.29 is 18.3 Å². The van der Waals surface area contributed by atoms with Crippen molar-refractivity contribution in [3.8, 4) is 0 Å². The van der Waals surface area contributed by atoms with E-state index in [2.05, 4.69) is 15.0 Å². The van der Waals surface area contributed by atoms with Crippen LogP contribution in [0, 0.1) is 0 Å². The lowest BCUT2D eigenvalue weighted by Crippen LogP contribution is -2.50. The van der Waals surface area contributed by atoms with Gasteiger partial charge in [-0.3, -0.25) is 4.98 Å². The summed E-state index contributed by atoms with van der Waals surface area (Å²) in [5.41, 5.74) is 0.877. The molecule has 0 aromatic carbocycles. The maximum absolute atomic E-state index is 13.3. The number of pyridine rings is 1. The zero-order valence-corrected chi connectivity index (χ0v) is 12.6. The van der Waals surface area contributed by atoms with Crippen molar-refractivity contribution in [2.24, 2.45) is 0 Å². The Labute approximate surface area is 128 Å². The van der Waals surface area contributed by atoms with Gasteiger partial charge in [-0.1, -0.05) is 19.3 Å². The number of hydrogen-bond donors (Lipinski definition) is 1. The molecule has 1 aliphatic heterocycles. The zero-order chi connectivity index (χ0) is 16.0. The summed E-state index contributed by atoms with van der Waals surface area (Å²) >= 11 is 0. The molecule has 2 fully saturated rings. The number of halogens is 2. The van der Waals surface area contributed by atoms with E-state index in [4.69, 9.17) is 0 Å². The molecule has 1 atom stereocenters. The molecule has 0 bridgehead atoms. The summed E-state index contributed by atoms with van der Waals surface area (Å²) in [7, 11) is 1.55. The number of rotatable bonds is 3. The van der Waals surface area contributed by atoms with E-state index in [-0.39, 0.29) is 6.61 Å². The van der Waals surface area contributed by atoms with Crippen molar-refractivity contribution in [3.05, 3.63) is 30.1 Å². The Hall–Kier alpha value is -1.76. The van der Waals surface area contributed by atoms with Gasteiger partial charge in [0.25, 0.3) is 5.92 Å². The quantitative estimate of drug-likeness (QED) is 0.932. The van der Waals surface area contributed by atoms with Crippen LogP contribution >= 0.6 is 0 Å². The molecule has 5 nitrogen and oxygen atoms in total. The largest absolute Gasteiger partial charge is 0.373 e. The van der Waals surface area contributed by atoms with Gasteiger partial charge < -0.3 is 15.0 Å². The van der Waals surface area contributed by atoms with E-state index in [1.54, 1.807) is 31.6 Å². The zero-order valence-electron chi connectivity index (χ0n) is 12.6. The number of nitrogens with one attached hydrogen (secondary N) is 1. The highest BCUT2D eigenvalue weighted by atomic mass is 19.3. The summed E-state index contributed by atoms with van der Waals surface area (Å²) in [5, 5.41) is 2.29. The monoisotopic (exact) mass is 313 g/mol. The van der Waals surface area contributed by atoms with E-state index in [9.17, 15) is 13.6 Å². The summed E-state index contributed by atoms with van der Waals surface area (Å²) in [6, 6.07) is 1.71. The SMILES string of the molecule is C1CC1.CN(Cc1ccncc1)C(=O)NC1COCC1(F)F. The van der Waals surface area contributed by atoms with Crippen molar-refractivity contribution in [1.29, 1.82) is 0 Å². The summed E-state index contributed by atoms with van der Waals surface area (Å²) in [6.45, 7) is -0.485. The van der Waals surface area contributed by atoms with Crippen LogP contribution in [0.1, 0.15) is 24.8 Å². The van der Waals surface area contributed by atoms with Crippen LogP contribution in [0.3, 0.4) is 0 Å². The number of carbonyl (C=O) groups is 1. The van der Waals surface area contributed by atoms with Crippen molar-refractivity contribution >= 4 is 6.03 Å². The Balaban J connectivity index is 0.000000523. The van der Waals surface area contributed by atoms with Crippen LogP contribution in [0.5, 0.6) is 0 Å². The van der Waals surface area contributed by atoms with E-state index in [1.165, 1.54) is 24.2 Å². The molecule has 122 valence electrons. The van der Waals surface area contributed by atoms with Gasteiger partial charge in [0.2, 0.25) is 0 Å². The van der Waals surface area contributed by atoms with E-state index in [1.807, 2.05) is 0 Å². The second-order valence-electron chi connectivity index (χ2n) is 5.55. The fraction of sp³-hybridized carbons (Fsp3) is 0.600. The predicted molar refractivity (Wildman–Crippen MR) is 77.6 cm³/mol. The minimum Gasteiger partial charge on any atom is -0.373 e. The molecular weight excluding hydrogens is 292 g/mol. The lowest BCUT2D eigenvalue weighted by Gasteiger charge is -2.23. The molecule has 2 heterocycles. The summed E-state index contributed by atoms with van der Waals surface area (Å²) < 4.78 is 31.3. The van der Waals surface area contributed by atoms with Gasteiger partial charge in [0.15, 0.2) is 0 Å². The van der Waals surface area contributed by atoms with Crippen LogP contribution < -0.4 is 5.32 Å². The second-order valence-corrected chi connectivity index (χ2v) is 5.55. The number of amides is 2. The molecular formula is C15H21F2N3O2. The molecule has 7 heteroatoms. The van der Waals surface area contributed by atoms with Gasteiger partial charge in [-0.15, -0.1) is 0 Å². The Morgan fingerprint density at radius 1 is 1.41 bits per heavy atom. The molecule has 1 aromatic heterocycles. The molecule has 3 rings (SSSR count). The van der Waals surface area contributed by atoms with Gasteiger partial charge in [0, 0.05) is 26.0 Å². The van der Waals surface area contributed by atoms with E-state index >= 15 is 0 Å². The molecule has 1 saturated heterocycles. The molecule has 0 spiro atoms. The van der Waals surface area contributed by atoms with Crippen molar-refractivity contribution in [1.82, 2.24) is 15.2 Å². The fourth-order valence-electron chi connectivity index (χ4n) is 1.78. The normalized spacial score (nSPS) is 21.5. The minimum absolute atomic E-state index is 0.165. The van der Waals surface area contributed by atoms with E-state index < -0.39 is 24.6 Å². The number of hydrogen-bond acceptors (Lipinski definition) is 3. The number of nitrogens with zero attached hydrogens (tertiary/aromatic N) is 2. The van der Waals surface area contributed by atoms with Crippen LogP contribution in [0.15, 0.2) is 24.5 Å². The molecule has 1 saturated carbocycles. The molecule has 1 aromatic rings. The van der Waals surface area contributed by atoms with Gasteiger partial charge in [-0.2, -0.15) is 0 Å². The lowest BCUT2D eigenvalue weighted by molar-refractivity contribution is -0.0222. The number of aromatic nitrogens is 1. The molecule has 2 aliphatic rings. The molecule has 1 unspecified atom stereocenters. The van der Waals surface area contributed by atoms with Crippen molar-refractivity contribution in [2.45, 2.75) is 37.8 Å². The Morgan fingerprint density at radius 2 is 2.05 bits per heavy atom. The Morgan fingerprint density at radius 3 is 2.55 bits per heavy atom. The van der Waals surface area contributed by atoms with Crippen LogP contribution in [0.2, 0.25) is 0 Å². The maximum Gasteiger partial charge on any atom is 0.317 e. The molecule has 22 heavy (non-hydrogen) atoms. The highest BCUT2D eigenvalue weighted by Gasteiger charge is 2.46. The Kier molecular flexibility index (Phi) is 5.65. The van der Waals surface area contributed by atoms with Crippen LogP contribution in [-0.4, -0.2) is 48.1 Å². The van der Waals surface area contributed by atoms with Crippen LogP contribution in [0.4, 0.5) is 13.6 Å². The molecule has 2 amide bonds. The minimum atomic E-state index is -3.01. The third-order valence-corrected chi connectivity index (χ3v) is 3.26. The Bertz CT molecular complexity index is 480. The number of urea groups is 1. The standard InChI is InChI=1S/C12H15F2N3O2.C3H6/c1-17(6-9-2-4-15-5-3-9)11(18)16-10-7-19-8-12(10,13)14;1-2-3-1/h2-5,10H,6-8H2,1H3,(H,16,18);1-3H2. The first-order chi connectivity index (χ1) is 10.5. The van der Waals surface area contributed by atoms with Crippen molar-refractivity contribution in [3.63, 3.8) is 0 Å². The van der Waals surface area contributed by atoms with Crippen LogP contribution in [-0.2, 0) is 11.3 Å². The number of alkyl halides is 2. The van der Waals surface area contributed by atoms with Crippen molar-refractivity contribution in [2.75, 3.05) is 20.3 Å². The third kappa shape index (κ3) is 5.22. The first kappa shape index (κ1) is 16.6. The summed E-state index contributed by atoms with van der Waals surface area (Å²) in [6.07, 6.45) is 7.72. The average molecular weight is 313 g/mol. The maximum atomic E-state index is 13.3. The van der Waals surface area contributed by atoms with Gasteiger partial charge >= 0.3 is 6.03 Å². The van der Waals surface area contributed by atoms with Gasteiger partial charge in [-0.05, 0) is 17.7 Å². The smallest absolute Gasteiger partial charge is 0.317 e. The van der Waals surface area contributed by atoms with Gasteiger partial charge in [0.1, 0.15) is 12.6 Å². The molecule has 1 aliphatic carbocycles.